The molecule has 34 heavy (non-hydrogen) atoms. The number of carbonyl (C=O) groups excluding carboxylic acids is 2. The monoisotopic (exact) mass is 458 g/mol. The van der Waals surface area contributed by atoms with E-state index in [1.165, 1.54) is 6.07 Å². The number of benzene rings is 3. The Labute approximate surface area is 197 Å². The lowest BCUT2D eigenvalue weighted by molar-refractivity contribution is -0.138. The van der Waals surface area contributed by atoms with Crippen LogP contribution in [-0.2, 0) is 9.53 Å². The number of hydrogen-bond donors (Lipinski definition) is 3. The minimum atomic E-state index is -1.00. The molecule has 0 heterocycles. The van der Waals surface area contributed by atoms with Gasteiger partial charge in [-0.2, -0.15) is 0 Å². The summed E-state index contributed by atoms with van der Waals surface area (Å²) in [5.74, 6) is -1.48. The summed E-state index contributed by atoms with van der Waals surface area (Å²) >= 11 is 0. The molecular weight excluding hydrogens is 432 g/mol. The molecular formula is C27H26N2O5. The minimum Gasteiger partial charge on any atom is -0.481 e. The fraction of sp³-hybridized carbons (Fsp3) is 0.222. The van der Waals surface area contributed by atoms with E-state index < -0.39 is 23.5 Å². The number of hydrogen-bond acceptors (Lipinski definition) is 4. The SMILES string of the molecule is CC(C)(CC(=O)O)NC(=O)c1cccc(NC(=O)OCC2c3ccccc3-c3ccccc32)c1. The second-order valence-electron chi connectivity index (χ2n) is 8.94. The van der Waals surface area contributed by atoms with Crippen LogP contribution >= 0.6 is 0 Å². The molecule has 0 spiro atoms. The maximum Gasteiger partial charge on any atom is 0.411 e. The number of rotatable bonds is 7. The summed E-state index contributed by atoms with van der Waals surface area (Å²) in [7, 11) is 0. The topological polar surface area (TPSA) is 105 Å². The van der Waals surface area contributed by atoms with Crippen molar-refractivity contribution in [2.24, 2.45) is 0 Å². The lowest BCUT2D eigenvalue weighted by atomic mass is 9.98. The van der Waals surface area contributed by atoms with Gasteiger partial charge in [0.25, 0.3) is 5.91 Å². The molecule has 0 saturated heterocycles. The maximum atomic E-state index is 12.6. The molecule has 0 aliphatic heterocycles. The van der Waals surface area contributed by atoms with Gasteiger partial charge in [0.2, 0.25) is 0 Å². The highest BCUT2D eigenvalue weighted by Gasteiger charge is 2.29. The molecule has 0 fully saturated rings. The van der Waals surface area contributed by atoms with Crippen LogP contribution in [0.3, 0.4) is 0 Å². The van der Waals surface area contributed by atoms with Gasteiger partial charge in [0.1, 0.15) is 6.61 Å². The van der Waals surface area contributed by atoms with Crippen molar-refractivity contribution in [2.45, 2.75) is 31.7 Å². The van der Waals surface area contributed by atoms with Gasteiger partial charge in [-0.3, -0.25) is 14.9 Å². The number of aliphatic carboxylic acids is 1. The summed E-state index contributed by atoms with van der Waals surface area (Å²) in [5, 5.41) is 14.4. The van der Waals surface area contributed by atoms with Crippen LogP contribution in [-0.4, -0.2) is 35.2 Å². The summed E-state index contributed by atoms with van der Waals surface area (Å²) in [4.78, 5) is 36.1. The van der Waals surface area contributed by atoms with Crippen molar-refractivity contribution >= 4 is 23.7 Å². The molecule has 3 aromatic carbocycles. The number of anilines is 1. The van der Waals surface area contributed by atoms with E-state index in [9.17, 15) is 14.4 Å². The van der Waals surface area contributed by atoms with Gasteiger partial charge in [-0.15, -0.1) is 0 Å². The Bertz CT molecular complexity index is 1210. The van der Waals surface area contributed by atoms with Crippen LogP contribution in [0, 0.1) is 0 Å². The van der Waals surface area contributed by atoms with Crippen molar-refractivity contribution in [3.63, 3.8) is 0 Å². The third-order valence-corrected chi connectivity index (χ3v) is 5.76. The van der Waals surface area contributed by atoms with Gasteiger partial charge in [-0.1, -0.05) is 54.6 Å². The first kappa shape index (κ1) is 23.0. The van der Waals surface area contributed by atoms with Crippen LogP contribution in [0.2, 0.25) is 0 Å². The third-order valence-electron chi connectivity index (χ3n) is 5.76. The molecule has 7 nitrogen and oxygen atoms in total. The molecule has 4 rings (SSSR count). The largest absolute Gasteiger partial charge is 0.481 e. The van der Waals surface area contributed by atoms with Crippen LogP contribution in [0.1, 0.15) is 47.7 Å². The van der Waals surface area contributed by atoms with E-state index in [0.717, 1.165) is 22.3 Å². The molecule has 3 aromatic rings. The molecule has 0 unspecified atom stereocenters. The van der Waals surface area contributed by atoms with Gasteiger partial charge in [0, 0.05) is 22.7 Å². The molecule has 0 aromatic heterocycles. The number of nitrogens with one attached hydrogen (secondary N) is 2. The molecule has 2 amide bonds. The van der Waals surface area contributed by atoms with Crippen LogP contribution in [0.5, 0.6) is 0 Å². The van der Waals surface area contributed by atoms with Gasteiger partial charge >= 0.3 is 12.1 Å². The first-order valence-corrected chi connectivity index (χ1v) is 11.0. The van der Waals surface area contributed by atoms with Crippen molar-refractivity contribution in [1.82, 2.24) is 5.32 Å². The quantitative estimate of drug-likeness (QED) is 0.461. The van der Waals surface area contributed by atoms with Gasteiger partial charge in [-0.05, 0) is 54.3 Å². The van der Waals surface area contributed by atoms with Crippen LogP contribution < -0.4 is 10.6 Å². The average molecular weight is 459 g/mol. The van der Waals surface area contributed by atoms with Crippen molar-refractivity contribution in [2.75, 3.05) is 11.9 Å². The molecule has 1 aliphatic carbocycles. The summed E-state index contributed by atoms with van der Waals surface area (Å²) in [5.41, 5.74) is 4.33. The zero-order chi connectivity index (χ0) is 24.3. The molecule has 0 atom stereocenters. The van der Waals surface area contributed by atoms with Crippen LogP contribution in [0.15, 0.2) is 72.8 Å². The molecule has 0 bridgehead atoms. The second-order valence-corrected chi connectivity index (χ2v) is 8.94. The van der Waals surface area contributed by atoms with E-state index in [1.807, 2.05) is 24.3 Å². The van der Waals surface area contributed by atoms with Crippen molar-refractivity contribution in [1.29, 1.82) is 0 Å². The number of carboxylic acid groups (broad SMARTS) is 1. The normalized spacial score (nSPS) is 12.4. The first-order valence-electron chi connectivity index (χ1n) is 11.0. The fourth-order valence-corrected chi connectivity index (χ4v) is 4.29. The van der Waals surface area contributed by atoms with Crippen LogP contribution in [0.25, 0.3) is 11.1 Å². The zero-order valence-electron chi connectivity index (χ0n) is 19.0. The summed E-state index contributed by atoms with van der Waals surface area (Å²) in [6.07, 6.45) is -0.832. The summed E-state index contributed by atoms with van der Waals surface area (Å²) in [6.45, 7) is 3.46. The van der Waals surface area contributed by atoms with Gasteiger partial charge in [-0.25, -0.2) is 4.79 Å². The highest BCUT2D eigenvalue weighted by atomic mass is 16.5. The Balaban J connectivity index is 1.40. The van der Waals surface area contributed by atoms with E-state index in [1.54, 1.807) is 32.0 Å². The summed E-state index contributed by atoms with van der Waals surface area (Å²) in [6, 6.07) is 22.6. The average Bonchev–Trinajstić information content (AvgIpc) is 3.10. The lowest BCUT2D eigenvalue weighted by Crippen LogP contribution is -2.44. The van der Waals surface area contributed by atoms with Crippen LogP contribution in [0.4, 0.5) is 10.5 Å². The number of fused-ring (bicyclic) bond motifs is 3. The Morgan fingerprint density at radius 1 is 0.912 bits per heavy atom. The Hall–Kier alpha value is -4.13. The van der Waals surface area contributed by atoms with Crippen molar-refractivity contribution in [3.8, 4) is 11.1 Å². The Morgan fingerprint density at radius 3 is 2.15 bits per heavy atom. The minimum absolute atomic E-state index is 0.0493. The number of carboxylic acids is 1. The predicted octanol–water partition coefficient (Wildman–Crippen LogP) is 5.03. The Kier molecular flexibility index (Phi) is 6.36. The van der Waals surface area contributed by atoms with E-state index in [2.05, 4.69) is 34.9 Å². The molecule has 174 valence electrons. The second kappa shape index (κ2) is 9.39. The molecule has 0 saturated carbocycles. The Morgan fingerprint density at radius 2 is 1.53 bits per heavy atom. The van der Waals surface area contributed by atoms with Gasteiger partial charge in [0.05, 0.1) is 6.42 Å². The predicted molar refractivity (Wildman–Crippen MR) is 129 cm³/mol. The standard InChI is InChI=1S/C27H26N2O5/c1-27(2,15-24(30)31)29-25(32)17-8-7-9-18(14-17)28-26(33)34-16-23-21-12-5-3-10-19(21)20-11-4-6-13-22(20)23/h3-14,23H,15-16H2,1-2H3,(H,28,33)(H,29,32)(H,30,31). The van der Waals surface area contributed by atoms with Gasteiger partial charge in [0.15, 0.2) is 0 Å². The molecule has 7 heteroatoms. The third kappa shape index (κ3) is 5.09. The highest BCUT2D eigenvalue weighted by molar-refractivity contribution is 5.97. The molecule has 0 radical (unpaired) electrons. The number of ether oxygens (including phenoxy) is 1. The van der Waals surface area contributed by atoms with Crippen molar-refractivity contribution < 1.29 is 24.2 Å². The smallest absolute Gasteiger partial charge is 0.411 e. The van der Waals surface area contributed by atoms with Crippen molar-refractivity contribution in [3.05, 3.63) is 89.5 Å². The van der Waals surface area contributed by atoms with E-state index in [0.29, 0.717) is 11.3 Å². The fourth-order valence-electron chi connectivity index (χ4n) is 4.29. The summed E-state index contributed by atoms with van der Waals surface area (Å²) < 4.78 is 5.55. The molecule has 1 aliphatic rings. The zero-order valence-corrected chi connectivity index (χ0v) is 19.0. The maximum absolute atomic E-state index is 12.6. The molecule has 3 N–H and O–H groups in total. The van der Waals surface area contributed by atoms with E-state index >= 15 is 0 Å². The van der Waals surface area contributed by atoms with Gasteiger partial charge < -0.3 is 15.2 Å². The highest BCUT2D eigenvalue weighted by Crippen LogP contribution is 2.44. The van der Waals surface area contributed by atoms with E-state index in [-0.39, 0.29) is 18.9 Å². The first-order chi connectivity index (χ1) is 16.2. The number of amides is 2. The lowest BCUT2D eigenvalue weighted by Gasteiger charge is -2.24. The van der Waals surface area contributed by atoms with E-state index in [4.69, 9.17) is 9.84 Å². The number of carbonyl (C=O) groups is 3.